The van der Waals surface area contributed by atoms with Gasteiger partial charge in [0.25, 0.3) is 6.71 Å². The van der Waals surface area contributed by atoms with E-state index in [4.69, 9.17) is 4.42 Å². The Bertz CT molecular complexity index is 3340. The molecule has 3 atom stereocenters. The molecule has 1 fully saturated rings. The zero-order valence-electron chi connectivity index (χ0n) is 47.7. The summed E-state index contributed by atoms with van der Waals surface area (Å²) in [6, 6.07) is 36.6. The molecule has 2 aliphatic heterocycles. The van der Waals surface area contributed by atoms with Crippen molar-refractivity contribution < 1.29 is 4.42 Å². The summed E-state index contributed by atoms with van der Waals surface area (Å²) >= 11 is 0. The molecular formula is C69H83BN2O. The summed E-state index contributed by atoms with van der Waals surface area (Å²) in [5, 5.41) is 1.26. The van der Waals surface area contributed by atoms with Crippen LogP contribution in [0.2, 0.25) is 5.82 Å². The maximum Gasteiger partial charge on any atom is 0.272 e. The first-order chi connectivity index (χ1) is 34.1. The molecule has 3 heterocycles. The molecule has 378 valence electrons. The van der Waals surface area contributed by atoms with E-state index in [1.165, 1.54) is 128 Å². The highest BCUT2D eigenvalue weighted by Gasteiger charge is 2.55. The molecule has 6 aromatic rings. The van der Waals surface area contributed by atoms with Crippen LogP contribution in [0.4, 0.5) is 28.4 Å². The second kappa shape index (κ2) is 15.7. The third kappa shape index (κ3) is 7.39. The van der Waals surface area contributed by atoms with Crippen molar-refractivity contribution >= 4 is 57.2 Å². The van der Waals surface area contributed by atoms with Crippen LogP contribution in [0.3, 0.4) is 0 Å². The lowest BCUT2D eigenvalue weighted by molar-refractivity contribution is 0.255. The Morgan fingerprint density at radius 2 is 1.18 bits per heavy atom. The first-order valence-corrected chi connectivity index (χ1v) is 28.3. The molecule has 0 saturated heterocycles. The van der Waals surface area contributed by atoms with Crippen LogP contribution in [0.5, 0.6) is 0 Å². The summed E-state index contributed by atoms with van der Waals surface area (Å²) in [4.78, 5) is 5.54. The fourth-order valence-electron chi connectivity index (χ4n) is 14.7. The van der Waals surface area contributed by atoms with E-state index in [2.05, 4.69) is 231 Å². The van der Waals surface area contributed by atoms with Crippen molar-refractivity contribution in [1.29, 1.82) is 0 Å². The minimum absolute atomic E-state index is 0.0189. The van der Waals surface area contributed by atoms with Crippen LogP contribution in [-0.4, -0.2) is 12.8 Å². The second-order valence-electron chi connectivity index (χ2n) is 29.3. The van der Waals surface area contributed by atoms with Gasteiger partial charge in [0.15, 0.2) is 0 Å². The molecule has 12 rings (SSSR count). The van der Waals surface area contributed by atoms with Crippen molar-refractivity contribution in [3.63, 3.8) is 0 Å². The van der Waals surface area contributed by atoms with Crippen LogP contribution in [0, 0.1) is 10.8 Å². The molecule has 0 N–H and O–H groups in total. The van der Waals surface area contributed by atoms with E-state index in [9.17, 15) is 0 Å². The molecule has 5 aromatic carbocycles. The van der Waals surface area contributed by atoms with Gasteiger partial charge in [0.05, 0.1) is 17.4 Å². The molecule has 3 unspecified atom stereocenters. The van der Waals surface area contributed by atoms with Crippen LogP contribution in [0.1, 0.15) is 196 Å². The van der Waals surface area contributed by atoms with Crippen molar-refractivity contribution in [3.8, 4) is 11.1 Å². The number of hydrogen-bond acceptors (Lipinski definition) is 3. The smallest absolute Gasteiger partial charge is 0.272 e. The van der Waals surface area contributed by atoms with Crippen LogP contribution in [0.15, 0.2) is 119 Å². The topological polar surface area (TPSA) is 19.6 Å². The molecule has 0 radical (unpaired) electrons. The summed E-state index contributed by atoms with van der Waals surface area (Å²) < 4.78 is 7.83. The van der Waals surface area contributed by atoms with E-state index >= 15 is 0 Å². The Balaban J connectivity index is 1.24. The average Bonchev–Trinajstić information content (AvgIpc) is 3.70. The Kier molecular flexibility index (Phi) is 10.5. The van der Waals surface area contributed by atoms with Crippen molar-refractivity contribution in [3.05, 3.63) is 148 Å². The highest BCUT2D eigenvalue weighted by atomic mass is 16.3. The number of allylic oxidation sites excluding steroid dienone is 2. The minimum atomic E-state index is -0.137. The fourth-order valence-corrected chi connectivity index (χ4v) is 14.7. The molecule has 73 heavy (non-hydrogen) atoms. The molecular weight excluding hydrogens is 884 g/mol. The predicted molar refractivity (Wildman–Crippen MR) is 314 cm³/mol. The summed E-state index contributed by atoms with van der Waals surface area (Å²) in [6.45, 7) is 41.6. The highest BCUT2D eigenvalue weighted by molar-refractivity contribution is 6.91. The van der Waals surface area contributed by atoms with Crippen LogP contribution in [-0.2, 0) is 27.1 Å². The number of fused-ring (bicyclic) bond motifs is 9. The molecule has 0 spiro atoms. The maximum absolute atomic E-state index is 7.83. The quantitative estimate of drug-likeness (QED) is 0.165. The molecule has 4 aliphatic carbocycles. The molecule has 1 saturated carbocycles. The van der Waals surface area contributed by atoms with Crippen molar-refractivity contribution in [2.24, 2.45) is 10.8 Å². The van der Waals surface area contributed by atoms with Crippen LogP contribution < -0.4 is 20.9 Å². The van der Waals surface area contributed by atoms with E-state index in [1.54, 1.807) is 5.57 Å². The Morgan fingerprint density at radius 3 is 1.85 bits per heavy atom. The zero-order valence-corrected chi connectivity index (χ0v) is 47.7. The Hall–Kier alpha value is -5.22. The lowest BCUT2D eigenvalue weighted by atomic mass is 9.30. The van der Waals surface area contributed by atoms with E-state index in [1.807, 2.05) is 0 Å². The van der Waals surface area contributed by atoms with Gasteiger partial charge in [0.1, 0.15) is 5.58 Å². The van der Waals surface area contributed by atoms with Gasteiger partial charge >= 0.3 is 0 Å². The predicted octanol–water partition coefficient (Wildman–Crippen LogP) is 18.2. The lowest BCUT2D eigenvalue weighted by Gasteiger charge is -2.54. The van der Waals surface area contributed by atoms with Gasteiger partial charge in [-0.2, -0.15) is 0 Å². The zero-order chi connectivity index (χ0) is 51.9. The minimum Gasteiger partial charge on any atom is -0.469 e. The summed E-state index contributed by atoms with van der Waals surface area (Å²) in [6.07, 6.45) is 12.6. The van der Waals surface area contributed by atoms with E-state index in [-0.39, 0.29) is 56.5 Å². The maximum atomic E-state index is 7.83. The van der Waals surface area contributed by atoms with Gasteiger partial charge in [-0.3, -0.25) is 0 Å². The van der Waals surface area contributed by atoms with E-state index < -0.39 is 0 Å². The molecule has 1 aromatic heterocycles. The van der Waals surface area contributed by atoms with E-state index in [0.29, 0.717) is 5.92 Å². The van der Waals surface area contributed by atoms with Gasteiger partial charge in [-0.1, -0.05) is 172 Å². The number of furan rings is 1. The Morgan fingerprint density at radius 1 is 0.562 bits per heavy atom. The van der Waals surface area contributed by atoms with Gasteiger partial charge in [0, 0.05) is 33.7 Å². The largest absolute Gasteiger partial charge is 0.469 e. The average molecular weight is 967 g/mol. The number of anilines is 5. The summed E-state index contributed by atoms with van der Waals surface area (Å²) in [5.74, 6) is 0.576. The third-order valence-corrected chi connectivity index (χ3v) is 19.8. The fraction of sp³-hybridized carbons (Fsp3) is 0.478. The monoisotopic (exact) mass is 967 g/mol. The van der Waals surface area contributed by atoms with Crippen LogP contribution >= 0.6 is 0 Å². The molecule has 3 nitrogen and oxygen atoms in total. The van der Waals surface area contributed by atoms with Crippen molar-refractivity contribution in [2.75, 3.05) is 9.80 Å². The molecule has 4 heteroatoms. The van der Waals surface area contributed by atoms with Gasteiger partial charge < -0.3 is 14.2 Å². The normalized spacial score (nSPS) is 23.8. The van der Waals surface area contributed by atoms with Crippen LogP contribution in [0.25, 0.3) is 22.1 Å². The molecule has 0 bridgehead atoms. The van der Waals surface area contributed by atoms with Gasteiger partial charge in [-0.15, -0.1) is 0 Å². The SMILES string of the molecule is CC1CCC(C)(C)c2cc3oc4c(c3cc21)N(c1ccc2c(c1)C(C)(C)CCC2(C)C)c1cc(C(C)(C)C)cc2c1B4C1C=C3C(=CC1N2c1ccc(C(C)(C)C)cc1-c1ccccc1)C(C)(C)CCC3(C)C. The van der Waals surface area contributed by atoms with Gasteiger partial charge in [0.2, 0.25) is 0 Å². The molecule has 6 aliphatic rings. The van der Waals surface area contributed by atoms with Gasteiger partial charge in [-0.05, 0) is 192 Å². The number of rotatable bonds is 3. The molecule has 0 amide bonds. The first-order valence-electron chi connectivity index (χ1n) is 28.3. The number of nitrogens with zero attached hydrogens (tertiary/aromatic N) is 2. The summed E-state index contributed by atoms with van der Waals surface area (Å²) in [5.41, 5.74) is 24.3. The summed E-state index contributed by atoms with van der Waals surface area (Å²) in [7, 11) is 0. The highest BCUT2D eigenvalue weighted by Crippen LogP contribution is 2.60. The number of benzene rings is 5. The third-order valence-electron chi connectivity index (χ3n) is 19.8. The second-order valence-corrected chi connectivity index (χ2v) is 29.3. The lowest BCUT2D eigenvalue weighted by Crippen LogP contribution is -2.62. The Labute approximate surface area is 440 Å². The van der Waals surface area contributed by atoms with Gasteiger partial charge in [-0.25, -0.2) is 0 Å². The first kappa shape index (κ1) is 48.7. The van der Waals surface area contributed by atoms with Crippen molar-refractivity contribution in [2.45, 2.75) is 201 Å². The number of hydrogen-bond donors (Lipinski definition) is 0. The van der Waals surface area contributed by atoms with E-state index in [0.717, 1.165) is 11.2 Å². The standard InChI is InChI=1S/C69H83BN2O/c1-41-27-28-65(8,9)50-40-59-48(37-46(41)50)61-62(73-59)70-54-38-52-53(69(16,17)32-31-68(52,14)15)39-56(54)72(55-26-23-43(63(2,3)4)33-47(55)42-21-19-18-20-22-42)58-35-44(64(5,6)7)34-57(60(58)70)71(61)45-24-25-49-51(36-45)67(12,13)30-29-66(49,10)11/h18-26,33-41,54,56H,27-32H2,1-17H3. The van der Waals surface area contributed by atoms with Crippen molar-refractivity contribution in [1.82, 2.24) is 0 Å².